The van der Waals surface area contributed by atoms with Crippen LogP contribution in [-0.4, -0.2) is 23.4 Å². The second kappa shape index (κ2) is 7.93. The van der Waals surface area contributed by atoms with Crippen molar-refractivity contribution in [3.8, 4) is 0 Å². The molecule has 0 aliphatic carbocycles. The first-order valence-corrected chi connectivity index (χ1v) is 9.69. The number of rotatable bonds is 5. The zero-order valence-electron chi connectivity index (χ0n) is 13.9. The number of halogens is 1. The molecule has 130 valence electrons. The maximum Gasteiger partial charge on any atom is 0.239 e. The van der Waals surface area contributed by atoms with Crippen molar-refractivity contribution in [2.24, 2.45) is 0 Å². The van der Waals surface area contributed by atoms with Gasteiger partial charge in [-0.2, -0.15) is 0 Å². The third-order valence-electron chi connectivity index (χ3n) is 4.09. The zero-order valence-corrected chi connectivity index (χ0v) is 15.4. The van der Waals surface area contributed by atoms with E-state index in [1.54, 1.807) is 11.8 Å². The third kappa shape index (κ3) is 3.99. The van der Waals surface area contributed by atoms with Gasteiger partial charge >= 0.3 is 0 Å². The summed E-state index contributed by atoms with van der Waals surface area (Å²) in [5.41, 5.74) is 3.89. The highest BCUT2D eigenvalue weighted by molar-refractivity contribution is 8.00. The molecule has 0 spiro atoms. The fraction of sp³-hybridized carbons (Fsp3) is 0.263. The molecule has 2 aromatic carbocycles. The second-order valence-corrected chi connectivity index (χ2v) is 7.09. The first-order chi connectivity index (χ1) is 12.1. The molecule has 1 unspecified atom stereocenters. The van der Waals surface area contributed by atoms with Crippen molar-refractivity contribution in [3.05, 3.63) is 59.7 Å². The van der Waals surface area contributed by atoms with Gasteiger partial charge in [-0.1, -0.05) is 31.2 Å². The van der Waals surface area contributed by atoms with E-state index in [0.717, 1.165) is 17.7 Å². The van der Waals surface area contributed by atoms with Crippen LogP contribution in [-0.2, 0) is 16.0 Å². The minimum absolute atomic E-state index is 0.0576. The van der Waals surface area contributed by atoms with E-state index >= 15 is 0 Å². The summed E-state index contributed by atoms with van der Waals surface area (Å²) >= 11 is 7.11. The molecule has 1 N–H and O–H groups in total. The maximum absolute atomic E-state index is 12.4. The fourth-order valence-electron chi connectivity index (χ4n) is 2.77. The summed E-state index contributed by atoms with van der Waals surface area (Å²) in [6, 6.07) is 15.7. The summed E-state index contributed by atoms with van der Waals surface area (Å²) < 4.78 is 0. The largest absolute Gasteiger partial charge is 0.325 e. The Bertz CT molecular complexity index is 762. The molecule has 1 fully saturated rings. The van der Waals surface area contributed by atoms with E-state index in [0.29, 0.717) is 11.4 Å². The van der Waals surface area contributed by atoms with Crippen LogP contribution in [0.1, 0.15) is 23.4 Å². The van der Waals surface area contributed by atoms with Gasteiger partial charge in [0.05, 0.1) is 5.75 Å². The molecule has 0 saturated carbocycles. The topological polar surface area (TPSA) is 49.4 Å². The monoisotopic (exact) mass is 374 g/mol. The first kappa shape index (κ1) is 17.8. The molecular weight excluding hydrogens is 356 g/mol. The van der Waals surface area contributed by atoms with Gasteiger partial charge < -0.3 is 5.32 Å². The predicted molar refractivity (Wildman–Crippen MR) is 104 cm³/mol. The lowest BCUT2D eigenvalue weighted by Gasteiger charge is -2.24. The van der Waals surface area contributed by atoms with Crippen LogP contribution in [0.15, 0.2) is 48.5 Å². The molecule has 1 atom stereocenters. The number of aryl methyl sites for hydroxylation is 1. The normalized spacial score (nSPS) is 17.0. The number of nitrogens with one attached hydrogen (secondary N) is 1. The quantitative estimate of drug-likeness (QED) is 0.798. The van der Waals surface area contributed by atoms with Crippen LogP contribution in [0.4, 0.5) is 11.4 Å². The molecule has 25 heavy (non-hydrogen) atoms. The Morgan fingerprint density at radius 1 is 1.20 bits per heavy atom. The average molecular weight is 375 g/mol. The number of hydrogen-bond donors (Lipinski definition) is 1. The molecule has 1 aliphatic heterocycles. The van der Waals surface area contributed by atoms with E-state index in [4.69, 9.17) is 11.6 Å². The standard InChI is InChI=1S/C19H19ClN2O2S/c1-2-13-3-9-16(10-4-13)22-18(24)12-25-19(22)14-5-7-15(8-6-14)21-17(23)11-20/h3-10,19H,2,11-12H2,1H3,(H,21,23). The van der Waals surface area contributed by atoms with Crippen molar-refractivity contribution in [2.45, 2.75) is 18.7 Å². The van der Waals surface area contributed by atoms with Gasteiger partial charge in [0.2, 0.25) is 11.8 Å². The predicted octanol–water partition coefficient (Wildman–Crippen LogP) is 4.20. The number of thioether (sulfide) groups is 1. The molecule has 0 radical (unpaired) electrons. The zero-order chi connectivity index (χ0) is 17.8. The van der Waals surface area contributed by atoms with Crippen molar-refractivity contribution in [3.63, 3.8) is 0 Å². The van der Waals surface area contributed by atoms with Crippen LogP contribution >= 0.6 is 23.4 Å². The van der Waals surface area contributed by atoms with E-state index in [2.05, 4.69) is 24.4 Å². The summed E-state index contributed by atoms with van der Waals surface area (Å²) in [7, 11) is 0. The Balaban J connectivity index is 1.82. The summed E-state index contributed by atoms with van der Waals surface area (Å²) in [6.07, 6.45) is 0.974. The Hall–Kier alpha value is -1.98. The molecule has 0 aromatic heterocycles. The van der Waals surface area contributed by atoms with Gasteiger partial charge in [-0.15, -0.1) is 23.4 Å². The van der Waals surface area contributed by atoms with E-state index in [1.807, 2.05) is 41.3 Å². The smallest absolute Gasteiger partial charge is 0.239 e. The van der Waals surface area contributed by atoms with Crippen molar-refractivity contribution >= 4 is 46.6 Å². The van der Waals surface area contributed by atoms with Gasteiger partial charge in [0.25, 0.3) is 0 Å². The highest BCUT2D eigenvalue weighted by atomic mass is 35.5. The molecule has 1 saturated heterocycles. The molecule has 2 amide bonds. The van der Waals surface area contributed by atoms with Crippen LogP contribution in [0.3, 0.4) is 0 Å². The Morgan fingerprint density at radius 2 is 1.88 bits per heavy atom. The van der Waals surface area contributed by atoms with E-state index < -0.39 is 0 Å². The number of benzene rings is 2. The Kier molecular flexibility index (Phi) is 5.66. The van der Waals surface area contributed by atoms with Crippen molar-refractivity contribution in [1.29, 1.82) is 0 Å². The Labute approximate surface area is 156 Å². The lowest BCUT2D eigenvalue weighted by molar-refractivity contribution is -0.116. The first-order valence-electron chi connectivity index (χ1n) is 8.10. The van der Waals surface area contributed by atoms with Gasteiger partial charge in [-0.3, -0.25) is 14.5 Å². The summed E-state index contributed by atoms with van der Waals surface area (Å²) in [5.74, 6) is 0.262. The molecule has 6 heteroatoms. The number of amides is 2. The van der Waals surface area contributed by atoms with Crippen molar-refractivity contribution < 1.29 is 9.59 Å². The highest BCUT2D eigenvalue weighted by Crippen LogP contribution is 2.41. The SMILES string of the molecule is CCc1ccc(N2C(=O)CSC2c2ccc(NC(=O)CCl)cc2)cc1. The van der Waals surface area contributed by atoms with E-state index in [-0.39, 0.29) is 23.1 Å². The minimum Gasteiger partial charge on any atom is -0.325 e. The van der Waals surface area contributed by atoms with Crippen molar-refractivity contribution in [1.82, 2.24) is 0 Å². The molecule has 4 nitrogen and oxygen atoms in total. The van der Waals surface area contributed by atoms with Crippen molar-refractivity contribution in [2.75, 3.05) is 21.8 Å². The minimum atomic E-state index is -0.238. The lowest BCUT2D eigenvalue weighted by Crippen LogP contribution is -2.27. The molecule has 1 heterocycles. The number of nitrogens with zero attached hydrogens (tertiary/aromatic N) is 1. The lowest BCUT2D eigenvalue weighted by atomic mass is 10.1. The molecule has 3 rings (SSSR count). The molecule has 2 aromatic rings. The Morgan fingerprint density at radius 3 is 2.48 bits per heavy atom. The van der Waals surface area contributed by atoms with Gasteiger partial charge in [0, 0.05) is 11.4 Å². The molecule has 1 aliphatic rings. The fourth-order valence-corrected chi connectivity index (χ4v) is 4.01. The summed E-state index contributed by atoms with van der Waals surface area (Å²) in [4.78, 5) is 25.6. The number of carbonyl (C=O) groups excluding carboxylic acids is 2. The van der Waals surface area contributed by atoms with Crippen LogP contribution in [0.2, 0.25) is 0 Å². The van der Waals surface area contributed by atoms with E-state index in [9.17, 15) is 9.59 Å². The second-order valence-electron chi connectivity index (χ2n) is 5.75. The van der Waals surface area contributed by atoms with Crippen LogP contribution in [0.25, 0.3) is 0 Å². The number of anilines is 2. The number of alkyl halides is 1. The molecular formula is C19H19ClN2O2S. The summed E-state index contributed by atoms with van der Waals surface area (Å²) in [6.45, 7) is 2.11. The number of hydrogen-bond acceptors (Lipinski definition) is 3. The van der Waals surface area contributed by atoms with Gasteiger partial charge in [-0.05, 0) is 41.8 Å². The maximum atomic E-state index is 12.4. The highest BCUT2D eigenvalue weighted by Gasteiger charge is 2.33. The van der Waals surface area contributed by atoms with Gasteiger partial charge in [0.1, 0.15) is 11.3 Å². The number of carbonyl (C=O) groups is 2. The van der Waals surface area contributed by atoms with Crippen LogP contribution in [0, 0.1) is 0 Å². The van der Waals surface area contributed by atoms with E-state index in [1.165, 1.54) is 5.56 Å². The average Bonchev–Trinajstić information content (AvgIpc) is 3.04. The van der Waals surface area contributed by atoms with Crippen LogP contribution < -0.4 is 10.2 Å². The van der Waals surface area contributed by atoms with Crippen LogP contribution in [0.5, 0.6) is 0 Å². The molecule has 0 bridgehead atoms. The summed E-state index contributed by atoms with van der Waals surface area (Å²) in [5, 5.41) is 2.66. The third-order valence-corrected chi connectivity index (χ3v) is 5.55. The van der Waals surface area contributed by atoms with Gasteiger partial charge in [-0.25, -0.2) is 0 Å². The van der Waals surface area contributed by atoms with Gasteiger partial charge in [0.15, 0.2) is 0 Å².